The van der Waals surface area contributed by atoms with Crippen molar-refractivity contribution < 1.29 is 14.3 Å². The van der Waals surface area contributed by atoms with Crippen LogP contribution in [0.2, 0.25) is 10.0 Å². The number of halogens is 3. The molecule has 5 nitrogen and oxygen atoms in total. The molecular weight excluding hydrogens is 611 g/mol. The molecule has 1 unspecified atom stereocenters. The maximum Gasteiger partial charge on any atom is 0.261 e. The van der Waals surface area contributed by atoms with Crippen LogP contribution in [0.3, 0.4) is 0 Å². The van der Waals surface area contributed by atoms with Gasteiger partial charge in [0.05, 0.1) is 14.5 Å². The number of amides is 2. The van der Waals surface area contributed by atoms with E-state index in [9.17, 15) is 9.59 Å². The molecule has 0 aliphatic carbocycles. The Bertz CT molecular complexity index is 1330. The van der Waals surface area contributed by atoms with Crippen molar-refractivity contribution in [3.63, 3.8) is 0 Å². The van der Waals surface area contributed by atoms with Gasteiger partial charge >= 0.3 is 0 Å². The van der Waals surface area contributed by atoms with Crippen molar-refractivity contribution in [2.45, 2.75) is 71.5 Å². The van der Waals surface area contributed by atoms with E-state index in [0.29, 0.717) is 22.2 Å². The lowest BCUT2D eigenvalue weighted by atomic mass is 9.87. The number of hydrogen-bond acceptors (Lipinski definition) is 3. The molecule has 0 saturated heterocycles. The minimum atomic E-state index is -0.793. The topological polar surface area (TPSA) is 58.6 Å². The monoisotopic (exact) mass is 646 g/mol. The maximum absolute atomic E-state index is 13.9. The van der Waals surface area contributed by atoms with Crippen LogP contribution in [0.15, 0.2) is 71.2 Å². The van der Waals surface area contributed by atoms with Crippen LogP contribution in [0.25, 0.3) is 0 Å². The summed E-state index contributed by atoms with van der Waals surface area (Å²) in [5, 5.41) is 3.85. The molecule has 0 spiro atoms. The molecule has 0 aromatic heterocycles. The van der Waals surface area contributed by atoms with Crippen LogP contribution in [-0.2, 0) is 28.0 Å². The quantitative estimate of drug-likeness (QED) is 0.256. The zero-order chi connectivity index (χ0) is 29.7. The summed E-state index contributed by atoms with van der Waals surface area (Å²) in [6, 6.07) is 19.9. The van der Waals surface area contributed by atoms with Crippen LogP contribution in [-0.4, -0.2) is 34.9 Å². The first-order valence-corrected chi connectivity index (χ1v) is 14.7. The molecule has 0 aliphatic rings. The Balaban J connectivity index is 1.95. The van der Waals surface area contributed by atoms with Crippen molar-refractivity contribution in [1.82, 2.24) is 10.2 Å². The highest BCUT2D eigenvalue weighted by Gasteiger charge is 2.32. The molecule has 1 N–H and O–H groups in total. The van der Waals surface area contributed by atoms with Crippen molar-refractivity contribution >= 4 is 50.9 Å². The number of benzene rings is 3. The lowest BCUT2D eigenvalue weighted by molar-refractivity contribution is -0.143. The predicted octanol–water partition coefficient (Wildman–Crippen LogP) is 7.99. The SMILES string of the molecule is CC(C)(C)NC(=O)C(Cc1ccccc1)N(Cc1ccc(Cl)c(Cl)c1)C(=O)COc1ccc(C(C)(C)C)cc1Br. The van der Waals surface area contributed by atoms with Crippen molar-refractivity contribution in [2.75, 3.05) is 6.61 Å². The third-order valence-electron chi connectivity index (χ3n) is 6.26. The summed E-state index contributed by atoms with van der Waals surface area (Å²) in [6.45, 7) is 12.0. The fourth-order valence-electron chi connectivity index (χ4n) is 4.15. The summed E-state index contributed by atoms with van der Waals surface area (Å²) in [7, 11) is 0. The van der Waals surface area contributed by atoms with Gasteiger partial charge in [0.1, 0.15) is 11.8 Å². The van der Waals surface area contributed by atoms with Crippen molar-refractivity contribution in [1.29, 1.82) is 0 Å². The first-order chi connectivity index (χ1) is 18.6. The average Bonchev–Trinajstić information content (AvgIpc) is 2.86. The Hall–Kier alpha value is -2.54. The molecule has 0 radical (unpaired) electrons. The third kappa shape index (κ3) is 9.25. The normalized spacial score (nSPS) is 12.5. The molecule has 40 heavy (non-hydrogen) atoms. The largest absolute Gasteiger partial charge is 0.483 e. The minimum Gasteiger partial charge on any atom is -0.483 e. The highest BCUT2D eigenvalue weighted by molar-refractivity contribution is 9.10. The van der Waals surface area contributed by atoms with Gasteiger partial charge in [-0.15, -0.1) is 0 Å². The molecule has 0 bridgehead atoms. The Morgan fingerprint density at radius 2 is 1.57 bits per heavy atom. The van der Waals surface area contributed by atoms with E-state index >= 15 is 0 Å². The van der Waals surface area contributed by atoms with E-state index in [1.54, 1.807) is 23.1 Å². The van der Waals surface area contributed by atoms with Gasteiger partial charge in [0.15, 0.2) is 6.61 Å². The van der Waals surface area contributed by atoms with E-state index in [2.05, 4.69) is 42.0 Å². The first-order valence-electron chi connectivity index (χ1n) is 13.2. The standard InChI is InChI=1S/C32H37BrCl2N2O3/c1-31(2,3)23-13-15-28(24(33)18-23)40-20-29(38)37(19-22-12-14-25(34)26(35)16-22)27(30(39)36-32(4,5)6)17-21-10-8-7-9-11-21/h7-16,18,27H,17,19-20H2,1-6H3,(H,36,39). The van der Waals surface area contributed by atoms with Gasteiger partial charge in [-0.05, 0) is 83.1 Å². The highest BCUT2D eigenvalue weighted by Crippen LogP contribution is 2.32. The fraction of sp³-hybridized carbons (Fsp3) is 0.375. The zero-order valence-corrected chi connectivity index (χ0v) is 27.0. The van der Waals surface area contributed by atoms with Gasteiger partial charge in [-0.2, -0.15) is 0 Å². The van der Waals surface area contributed by atoms with Crippen LogP contribution in [0.5, 0.6) is 5.75 Å². The Kier molecular flexibility index (Phi) is 10.7. The van der Waals surface area contributed by atoms with E-state index in [1.165, 1.54) is 0 Å². The van der Waals surface area contributed by atoms with Crippen molar-refractivity contribution in [3.8, 4) is 5.75 Å². The van der Waals surface area contributed by atoms with Crippen LogP contribution in [0, 0.1) is 0 Å². The number of nitrogens with one attached hydrogen (secondary N) is 1. The smallest absolute Gasteiger partial charge is 0.261 e. The number of hydrogen-bond donors (Lipinski definition) is 1. The molecule has 3 aromatic carbocycles. The fourth-order valence-corrected chi connectivity index (χ4v) is 4.96. The molecular formula is C32H37BrCl2N2O3. The summed E-state index contributed by atoms with van der Waals surface area (Å²) in [5.41, 5.74) is 2.31. The molecule has 2 amide bonds. The van der Waals surface area contributed by atoms with Crippen LogP contribution < -0.4 is 10.1 Å². The highest BCUT2D eigenvalue weighted by atomic mass is 79.9. The molecule has 0 heterocycles. The van der Waals surface area contributed by atoms with E-state index < -0.39 is 11.6 Å². The molecule has 0 fully saturated rings. The van der Waals surface area contributed by atoms with Gasteiger partial charge in [-0.25, -0.2) is 0 Å². The summed E-state index contributed by atoms with van der Waals surface area (Å²) in [5.74, 6) is -0.0297. The third-order valence-corrected chi connectivity index (χ3v) is 7.61. The lowest BCUT2D eigenvalue weighted by Crippen LogP contribution is -2.55. The minimum absolute atomic E-state index is 0.0292. The zero-order valence-electron chi connectivity index (χ0n) is 23.9. The van der Waals surface area contributed by atoms with Gasteiger partial charge < -0.3 is 15.0 Å². The number of carbonyl (C=O) groups excluding carboxylic acids is 2. The summed E-state index contributed by atoms with van der Waals surface area (Å²) in [6.07, 6.45) is 0.333. The second kappa shape index (κ2) is 13.4. The van der Waals surface area contributed by atoms with E-state index in [0.717, 1.165) is 21.2 Å². The Labute approximate surface area is 256 Å². The van der Waals surface area contributed by atoms with E-state index in [4.69, 9.17) is 27.9 Å². The summed E-state index contributed by atoms with van der Waals surface area (Å²) in [4.78, 5) is 29.1. The molecule has 0 aliphatic heterocycles. The Morgan fingerprint density at radius 3 is 2.15 bits per heavy atom. The van der Waals surface area contributed by atoms with Crippen molar-refractivity contribution in [2.24, 2.45) is 0 Å². The van der Waals surface area contributed by atoms with Gasteiger partial charge in [0, 0.05) is 18.5 Å². The molecule has 0 saturated carbocycles. The van der Waals surface area contributed by atoms with Gasteiger partial charge in [0.2, 0.25) is 5.91 Å². The second-order valence-corrected chi connectivity index (χ2v) is 13.6. The van der Waals surface area contributed by atoms with Crippen LogP contribution in [0.4, 0.5) is 0 Å². The number of carbonyl (C=O) groups is 2. The molecule has 214 valence electrons. The average molecular weight is 648 g/mol. The van der Waals surface area contributed by atoms with E-state index in [1.807, 2.05) is 69.3 Å². The van der Waals surface area contributed by atoms with Gasteiger partial charge in [-0.3, -0.25) is 9.59 Å². The van der Waals surface area contributed by atoms with E-state index in [-0.39, 0.29) is 30.4 Å². The van der Waals surface area contributed by atoms with Gasteiger partial charge in [0.25, 0.3) is 5.91 Å². The Morgan fingerprint density at radius 1 is 0.900 bits per heavy atom. The maximum atomic E-state index is 13.9. The summed E-state index contributed by atoms with van der Waals surface area (Å²) < 4.78 is 6.75. The van der Waals surface area contributed by atoms with Crippen molar-refractivity contribution in [3.05, 3.63) is 97.9 Å². The predicted molar refractivity (Wildman–Crippen MR) is 167 cm³/mol. The van der Waals surface area contributed by atoms with Crippen LogP contribution >= 0.6 is 39.1 Å². The molecule has 1 atom stereocenters. The van der Waals surface area contributed by atoms with Gasteiger partial charge in [-0.1, -0.05) is 86.4 Å². The molecule has 3 rings (SSSR count). The number of ether oxygens (including phenoxy) is 1. The van der Waals surface area contributed by atoms with Crippen LogP contribution in [0.1, 0.15) is 58.2 Å². The lowest BCUT2D eigenvalue weighted by Gasteiger charge is -2.34. The number of rotatable bonds is 9. The second-order valence-electron chi connectivity index (χ2n) is 11.9. The summed E-state index contributed by atoms with van der Waals surface area (Å²) >= 11 is 16.0. The molecule has 3 aromatic rings. The molecule has 8 heteroatoms. The number of nitrogens with zero attached hydrogens (tertiary/aromatic N) is 1. The first kappa shape index (κ1) is 32.0.